The number of carbonyl (C=O) groups is 1. The molecular formula is C30H38FN3O4S. The van der Waals surface area contributed by atoms with Crippen LogP contribution in [0.25, 0.3) is 0 Å². The van der Waals surface area contributed by atoms with Gasteiger partial charge in [-0.3, -0.25) is 0 Å². The third kappa shape index (κ3) is 4.76. The number of sulfonamides is 1. The van der Waals surface area contributed by atoms with E-state index in [0.717, 1.165) is 63.6 Å². The van der Waals surface area contributed by atoms with Gasteiger partial charge in [0.2, 0.25) is 10.0 Å². The summed E-state index contributed by atoms with van der Waals surface area (Å²) in [7, 11) is -3.98. The lowest BCUT2D eigenvalue weighted by Crippen LogP contribution is -2.55. The highest BCUT2D eigenvalue weighted by Crippen LogP contribution is 2.45. The predicted octanol–water partition coefficient (Wildman–Crippen LogP) is 4.91. The smallest absolute Gasteiger partial charge is 0.410 e. The Bertz CT molecular complexity index is 1330. The second kappa shape index (κ2) is 10.5. The molecule has 0 aromatic heterocycles. The van der Waals surface area contributed by atoms with Crippen LogP contribution in [0.1, 0.15) is 63.0 Å². The van der Waals surface area contributed by atoms with Crippen molar-refractivity contribution >= 4 is 16.1 Å². The molecule has 3 fully saturated rings. The summed E-state index contributed by atoms with van der Waals surface area (Å²) in [4.78, 5) is 17.0. The number of rotatable bonds is 4. The van der Waals surface area contributed by atoms with Gasteiger partial charge < -0.3 is 14.5 Å². The molecule has 3 saturated heterocycles. The number of hydrogen-bond acceptors (Lipinski definition) is 5. The zero-order chi connectivity index (χ0) is 27.2. The number of hydrogen-bond donors (Lipinski definition) is 0. The average molecular weight is 556 g/mol. The second-order valence-electron chi connectivity index (χ2n) is 11.6. The van der Waals surface area contributed by atoms with Crippen molar-refractivity contribution in [2.24, 2.45) is 0 Å². The predicted molar refractivity (Wildman–Crippen MR) is 146 cm³/mol. The summed E-state index contributed by atoms with van der Waals surface area (Å²) >= 11 is 0. The Kier molecular flexibility index (Phi) is 7.18. The first-order valence-electron chi connectivity index (χ1n) is 14.3. The van der Waals surface area contributed by atoms with Gasteiger partial charge in [-0.05, 0) is 88.2 Å². The summed E-state index contributed by atoms with van der Waals surface area (Å²) in [6.45, 7) is 4.63. The van der Waals surface area contributed by atoms with Crippen LogP contribution in [0.3, 0.4) is 0 Å². The topological polar surface area (TPSA) is 70.2 Å². The molecule has 0 saturated carbocycles. The van der Waals surface area contributed by atoms with E-state index in [9.17, 15) is 17.6 Å². The van der Waals surface area contributed by atoms with E-state index in [0.29, 0.717) is 19.2 Å². The molecular weight excluding hydrogens is 517 g/mol. The van der Waals surface area contributed by atoms with Gasteiger partial charge >= 0.3 is 6.09 Å². The van der Waals surface area contributed by atoms with Gasteiger partial charge in [-0.15, -0.1) is 0 Å². The molecule has 4 aliphatic heterocycles. The van der Waals surface area contributed by atoms with Gasteiger partial charge in [0.05, 0.1) is 6.61 Å². The first-order valence-corrected chi connectivity index (χ1v) is 15.8. The number of amides is 1. The summed E-state index contributed by atoms with van der Waals surface area (Å²) in [5.74, 6) is -0.709. The third-order valence-electron chi connectivity index (χ3n) is 9.62. The number of carbonyl (C=O) groups excluding carboxylic acids is 1. The molecule has 6 rings (SSSR count). The van der Waals surface area contributed by atoms with Crippen molar-refractivity contribution in [1.82, 2.24) is 14.1 Å². The highest BCUT2D eigenvalue weighted by atomic mass is 32.2. The molecule has 2 aromatic carbocycles. The number of ether oxygens (including phenoxy) is 1. The van der Waals surface area contributed by atoms with Gasteiger partial charge in [-0.1, -0.05) is 36.4 Å². The maximum Gasteiger partial charge on any atom is 0.410 e. The van der Waals surface area contributed by atoms with Crippen LogP contribution in [0.4, 0.5) is 9.18 Å². The van der Waals surface area contributed by atoms with Crippen LogP contribution in [0.15, 0.2) is 53.4 Å². The first kappa shape index (κ1) is 26.7. The average Bonchev–Trinajstić information content (AvgIpc) is 3.23. The van der Waals surface area contributed by atoms with E-state index < -0.39 is 15.8 Å². The highest BCUT2D eigenvalue weighted by molar-refractivity contribution is 7.89. The largest absolute Gasteiger partial charge is 0.450 e. The number of nitrogens with zero attached hydrogens (tertiary/aromatic N) is 3. The number of benzene rings is 2. The van der Waals surface area contributed by atoms with Crippen molar-refractivity contribution in [1.29, 1.82) is 0 Å². The molecule has 9 heteroatoms. The van der Waals surface area contributed by atoms with Gasteiger partial charge in [-0.2, -0.15) is 4.31 Å². The fourth-order valence-corrected chi connectivity index (χ4v) is 9.24. The third-order valence-corrected chi connectivity index (χ3v) is 11.4. The number of fused-ring (bicyclic) bond motifs is 4. The van der Waals surface area contributed by atoms with Gasteiger partial charge in [0.1, 0.15) is 10.7 Å². The van der Waals surface area contributed by atoms with E-state index in [4.69, 9.17) is 4.74 Å². The number of halogens is 1. The van der Waals surface area contributed by atoms with Crippen LogP contribution in [-0.2, 0) is 26.7 Å². The molecule has 1 amide bonds. The number of likely N-dealkylation sites (tertiary alicyclic amines) is 1. The van der Waals surface area contributed by atoms with Gasteiger partial charge in [0, 0.05) is 36.6 Å². The van der Waals surface area contributed by atoms with Crippen molar-refractivity contribution in [2.75, 3.05) is 26.2 Å². The van der Waals surface area contributed by atoms with Crippen molar-refractivity contribution in [3.63, 3.8) is 0 Å². The monoisotopic (exact) mass is 555 g/mol. The Morgan fingerprint density at radius 3 is 2.38 bits per heavy atom. The fourth-order valence-electron chi connectivity index (χ4n) is 7.67. The molecule has 39 heavy (non-hydrogen) atoms. The zero-order valence-corrected chi connectivity index (χ0v) is 23.4. The Balaban J connectivity index is 1.21. The maximum absolute atomic E-state index is 14.6. The lowest BCUT2D eigenvalue weighted by Gasteiger charge is -2.49. The van der Waals surface area contributed by atoms with Crippen molar-refractivity contribution in [2.45, 2.75) is 86.9 Å². The van der Waals surface area contributed by atoms with E-state index in [-0.39, 0.29) is 35.0 Å². The Morgan fingerprint density at radius 2 is 1.64 bits per heavy atom. The van der Waals surface area contributed by atoms with Crippen LogP contribution < -0.4 is 0 Å². The molecule has 4 aliphatic rings. The maximum atomic E-state index is 14.6. The van der Waals surface area contributed by atoms with Gasteiger partial charge in [0.25, 0.3) is 0 Å². The fraction of sp³-hybridized carbons (Fsp3) is 0.567. The highest BCUT2D eigenvalue weighted by Gasteiger charge is 2.48. The van der Waals surface area contributed by atoms with Gasteiger partial charge in [-0.25, -0.2) is 17.6 Å². The van der Waals surface area contributed by atoms with Crippen LogP contribution >= 0.6 is 0 Å². The van der Waals surface area contributed by atoms with Crippen LogP contribution in [-0.4, -0.2) is 73.0 Å². The van der Waals surface area contributed by atoms with E-state index in [1.807, 2.05) is 30.0 Å². The van der Waals surface area contributed by atoms with Gasteiger partial charge in [0.15, 0.2) is 0 Å². The Morgan fingerprint density at radius 1 is 0.974 bits per heavy atom. The minimum Gasteiger partial charge on any atom is -0.450 e. The Hall–Kier alpha value is -2.49. The van der Waals surface area contributed by atoms with Crippen molar-refractivity contribution < 1.29 is 22.3 Å². The molecule has 2 bridgehead atoms. The minimum absolute atomic E-state index is 0.168. The second-order valence-corrected chi connectivity index (χ2v) is 13.5. The summed E-state index contributed by atoms with van der Waals surface area (Å²) in [5, 5.41) is 0. The molecule has 0 N–H and O–H groups in total. The molecule has 2 aromatic rings. The summed E-state index contributed by atoms with van der Waals surface area (Å²) in [6.07, 6.45) is 6.65. The molecule has 7 nitrogen and oxygen atoms in total. The van der Waals surface area contributed by atoms with Crippen LogP contribution in [0.2, 0.25) is 0 Å². The molecule has 210 valence electrons. The standard InChI is InChI=1S/C30H38FN3O4S/c1-2-38-29(35)34-23-11-13-24(19-25(34)14-12-23)32-17-15-30(16-18-32)21-33(20-22-7-3-4-8-26(22)30)39(36,37)28-10-6-5-9-27(28)31/h3-10,23-25H,2,11-21H2,1H3. The first-order chi connectivity index (χ1) is 18.8. The molecule has 0 radical (unpaired) electrons. The lowest BCUT2D eigenvalue weighted by molar-refractivity contribution is 0.0742. The van der Waals surface area contributed by atoms with E-state index in [2.05, 4.69) is 11.0 Å². The normalized spacial score (nSPS) is 27.2. The molecule has 3 atom stereocenters. The lowest BCUT2D eigenvalue weighted by atomic mass is 9.69. The molecule has 0 aliphatic carbocycles. The zero-order valence-electron chi connectivity index (χ0n) is 22.6. The summed E-state index contributed by atoms with van der Waals surface area (Å²) in [6, 6.07) is 14.7. The summed E-state index contributed by atoms with van der Waals surface area (Å²) in [5.41, 5.74) is 1.94. The van der Waals surface area contributed by atoms with E-state index in [1.54, 1.807) is 6.07 Å². The van der Waals surface area contributed by atoms with E-state index >= 15 is 0 Å². The quantitative estimate of drug-likeness (QED) is 0.537. The summed E-state index contributed by atoms with van der Waals surface area (Å²) < 4.78 is 48.7. The SMILES string of the molecule is CCOC(=O)N1C2CCC(N3CCC4(CC3)CN(S(=O)(=O)c3ccccc3F)Cc3ccccc34)CC1CC2. The van der Waals surface area contributed by atoms with E-state index in [1.165, 1.54) is 28.1 Å². The van der Waals surface area contributed by atoms with Crippen LogP contribution in [0, 0.1) is 5.82 Å². The van der Waals surface area contributed by atoms with Crippen molar-refractivity contribution in [3.05, 3.63) is 65.5 Å². The molecule has 3 unspecified atom stereocenters. The number of piperidine rings is 1. The van der Waals surface area contributed by atoms with Crippen LogP contribution in [0.5, 0.6) is 0 Å². The van der Waals surface area contributed by atoms with Crippen molar-refractivity contribution in [3.8, 4) is 0 Å². The Labute approximate surface area is 231 Å². The molecule has 4 heterocycles. The molecule has 1 spiro atoms. The minimum atomic E-state index is -3.98.